The van der Waals surface area contributed by atoms with Gasteiger partial charge >= 0.3 is 5.97 Å². The van der Waals surface area contributed by atoms with E-state index >= 15 is 0 Å². The van der Waals surface area contributed by atoms with Gasteiger partial charge in [-0.15, -0.1) is 0 Å². The second-order valence-electron chi connectivity index (χ2n) is 3.15. The minimum Gasteiger partial charge on any atom is -0.481 e. The fourth-order valence-electron chi connectivity index (χ4n) is 1.15. The van der Waals surface area contributed by atoms with Crippen molar-refractivity contribution in [1.29, 1.82) is 0 Å². The summed E-state index contributed by atoms with van der Waals surface area (Å²) in [5, 5.41) is 8.53. The van der Waals surface area contributed by atoms with E-state index in [-0.39, 0.29) is 12.0 Å². The molecule has 0 amide bonds. The van der Waals surface area contributed by atoms with Crippen LogP contribution < -0.4 is 0 Å². The highest BCUT2D eigenvalue weighted by Gasteiger charge is 2.06. The predicted molar refractivity (Wildman–Crippen MR) is 63.1 cm³/mol. The van der Waals surface area contributed by atoms with E-state index in [0.29, 0.717) is 17.7 Å². The third kappa shape index (κ3) is 3.95. The highest BCUT2D eigenvalue weighted by Crippen LogP contribution is 2.10. The molecule has 84 valence electrons. The summed E-state index contributed by atoms with van der Waals surface area (Å²) in [5.41, 5.74) is 0.723. The quantitative estimate of drug-likeness (QED) is 0.625. The zero-order chi connectivity index (χ0) is 12.0. The summed E-state index contributed by atoms with van der Waals surface area (Å²) >= 11 is 4.00. The fraction of sp³-hybridized carbons (Fsp3) is 0.250. The van der Waals surface area contributed by atoms with E-state index in [0.717, 1.165) is 0 Å². The molecule has 16 heavy (non-hydrogen) atoms. The lowest BCUT2D eigenvalue weighted by atomic mass is 10.1. The zero-order valence-electron chi connectivity index (χ0n) is 8.53. The second kappa shape index (κ2) is 6.19. The molecular formula is C12H11FO2S. The molecule has 0 bridgehead atoms. The van der Waals surface area contributed by atoms with Crippen LogP contribution >= 0.6 is 12.6 Å². The van der Waals surface area contributed by atoms with Crippen LogP contribution in [0.1, 0.15) is 17.5 Å². The van der Waals surface area contributed by atoms with Crippen molar-refractivity contribution in [3.63, 3.8) is 0 Å². The van der Waals surface area contributed by atoms with Crippen LogP contribution in [0.4, 0.5) is 4.39 Å². The Hall–Kier alpha value is -1.47. The molecule has 0 radical (unpaired) electrons. The molecule has 0 fully saturated rings. The Labute approximate surface area is 98.9 Å². The lowest BCUT2D eigenvalue weighted by Gasteiger charge is -1.99. The van der Waals surface area contributed by atoms with Crippen LogP contribution in [0.25, 0.3) is 0 Å². The first-order valence-electron chi connectivity index (χ1n) is 4.73. The lowest BCUT2D eigenvalue weighted by molar-refractivity contribution is -0.136. The molecule has 1 rings (SSSR count). The summed E-state index contributed by atoms with van der Waals surface area (Å²) in [6, 6.07) is 4.32. The molecule has 1 N–H and O–H groups in total. The average Bonchev–Trinajstić information content (AvgIpc) is 2.22. The van der Waals surface area contributed by atoms with Gasteiger partial charge in [-0.05, 0) is 17.7 Å². The molecule has 0 spiro atoms. The summed E-state index contributed by atoms with van der Waals surface area (Å²) in [6.45, 7) is 0. The molecule has 1 aromatic rings. The van der Waals surface area contributed by atoms with Crippen molar-refractivity contribution >= 4 is 18.6 Å². The van der Waals surface area contributed by atoms with E-state index in [2.05, 4.69) is 24.5 Å². The van der Waals surface area contributed by atoms with Crippen molar-refractivity contribution in [2.75, 3.05) is 5.75 Å². The lowest BCUT2D eigenvalue weighted by Crippen LogP contribution is -2.02. The largest absolute Gasteiger partial charge is 0.481 e. The highest BCUT2D eigenvalue weighted by atomic mass is 32.1. The second-order valence-corrected chi connectivity index (χ2v) is 3.60. The number of carboxylic acid groups (broad SMARTS) is 1. The summed E-state index contributed by atoms with van der Waals surface area (Å²) < 4.78 is 13.4. The van der Waals surface area contributed by atoms with Gasteiger partial charge in [0.1, 0.15) is 5.82 Å². The van der Waals surface area contributed by atoms with Crippen molar-refractivity contribution in [1.82, 2.24) is 0 Å². The molecule has 4 heteroatoms. The van der Waals surface area contributed by atoms with Gasteiger partial charge in [0.15, 0.2) is 0 Å². The molecule has 2 nitrogen and oxygen atoms in total. The molecule has 0 aliphatic heterocycles. The smallest absolute Gasteiger partial charge is 0.307 e. The Kier molecular flexibility index (Phi) is 4.87. The van der Waals surface area contributed by atoms with Gasteiger partial charge in [0.25, 0.3) is 0 Å². The van der Waals surface area contributed by atoms with Crippen LogP contribution in [-0.2, 0) is 11.2 Å². The van der Waals surface area contributed by atoms with Gasteiger partial charge < -0.3 is 5.11 Å². The number of carbonyl (C=O) groups is 1. The molecule has 0 saturated carbocycles. The van der Waals surface area contributed by atoms with Crippen molar-refractivity contribution in [3.05, 3.63) is 35.1 Å². The topological polar surface area (TPSA) is 37.3 Å². The molecule has 0 saturated heterocycles. The molecular weight excluding hydrogens is 227 g/mol. The van der Waals surface area contributed by atoms with Crippen LogP contribution in [-0.4, -0.2) is 16.8 Å². The normalized spacial score (nSPS) is 9.38. The Morgan fingerprint density at radius 1 is 1.50 bits per heavy atom. The number of thiol groups is 1. The first-order chi connectivity index (χ1) is 7.63. The molecule has 1 aromatic carbocycles. The minimum atomic E-state index is -1.05. The first-order valence-corrected chi connectivity index (χ1v) is 5.36. The van der Waals surface area contributed by atoms with E-state index in [1.165, 1.54) is 12.1 Å². The van der Waals surface area contributed by atoms with Crippen LogP contribution in [0.5, 0.6) is 0 Å². The van der Waals surface area contributed by atoms with Gasteiger partial charge in [-0.3, -0.25) is 4.79 Å². The number of benzene rings is 1. The Morgan fingerprint density at radius 2 is 2.25 bits per heavy atom. The van der Waals surface area contributed by atoms with E-state index in [9.17, 15) is 9.18 Å². The number of halogens is 1. The highest BCUT2D eigenvalue weighted by molar-refractivity contribution is 7.80. The Bertz CT molecular complexity index is 446. The first kappa shape index (κ1) is 12.6. The molecule has 0 heterocycles. The summed E-state index contributed by atoms with van der Waals surface area (Å²) in [7, 11) is 0. The SMILES string of the molecule is O=C(O)Cc1ccc(C#CCCS)cc1F. The number of rotatable bonds is 3. The molecule has 0 unspecified atom stereocenters. The van der Waals surface area contributed by atoms with Crippen molar-refractivity contribution in [3.8, 4) is 11.8 Å². The average molecular weight is 238 g/mol. The Morgan fingerprint density at radius 3 is 2.81 bits per heavy atom. The summed E-state index contributed by atoms with van der Waals surface area (Å²) in [5.74, 6) is 4.69. The minimum absolute atomic E-state index is 0.173. The number of hydrogen-bond acceptors (Lipinski definition) is 2. The fourth-order valence-corrected chi connectivity index (χ4v) is 1.26. The third-order valence-electron chi connectivity index (χ3n) is 1.86. The number of carboxylic acids is 1. The third-order valence-corrected chi connectivity index (χ3v) is 2.09. The standard InChI is InChI=1S/C12H11FO2S/c13-11-7-9(3-1-2-6-16)4-5-10(11)8-12(14)15/h4-5,7,16H,2,6,8H2,(H,14,15). The zero-order valence-corrected chi connectivity index (χ0v) is 9.43. The van der Waals surface area contributed by atoms with Crippen molar-refractivity contribution in [2.24, 2.45) is 0 Å². The van der Waals surface area contributed by atoms with Gasteiger partial charge in [0, 0.05) is 17.7 Å². The molecule has 0 aromatic heterocycles. The van der Waals surface area contributed by atoms with Crippen LogP contribution in [0.2, 0.25) is 0 Å². The van der Waals surface area contributed by atoms with Crippen LogP contribution in [0.15, 0.2) is 18.2 Å². The number of hydrogen-bond donors (Lipinski definition) is 2. The monoisotopic (exact) mass is 238 g/mol. The molecule has 0 atom stereocenters. The maximum absolute atomic E-state index is 13.4. The van der Waals surface area contributed by atoms with E-state index in [1.54, 1.807) is 6.07 Å². The number of aliphatic carboxylic acids is 1. The van der Waals surface area contributed by atoms with Gasteiger partial charge in [-0.25, -0.2) is 4.39 Å². The summed E-state index contributed by atoms with van der Waals surface area (Å²) in [6.07, 6.45) is 0.331. The maximum Gasteiger partial charge on any atom is 0.307 e. The summed E-state index contributed by atoms with van der Waals surface area (Å²) in [4.78, 5) is 10.4. The Balaban J connectivity index is 2.83. The van der Waals surface area contributed by atoms with Gasteiger partial charge in [0.2, 0.25) is 0 Å². The van der Waals surface area contributed by atoms with E-state index in [1.807, 2.05) is 0 Å². The van der Waals surface area contributed by atoms with Gasteiger partial charge in [-0.2, -0.15) is 12.6 Å². The van der Waals surface area contributed by atoms with Crippen LogP contribution in [0, 0.1) is 17.7 Å². The van der Waals surface area contributed by atoms with Gasteiger partial charge in [-0.1, -0.05) is 17.9 Å². The van der Waals surface area contributed by atoms with E-state index in [4.69, 9.17) is 5.11 Å². The maximum atomic E-state index is 13.4. The van der Waals surface area contributed by atoms with Crippen molar-refractivity contribution in [2.45, 2.75) is 12.8 Å². The van der Waals surface area contributed by atoms with E-state index < -0.39 is 11.8 Å². The van der Waals surface area contributed by atoms with Crippen molar-refractivity contribution < 1.29 is 14.3 Å². The molecule has 0 aliphatic rings. The predicted octanol–water partition coefficient (Wildman–Crippen LogP) is 2.12. The molecule has 0 aliphatic carbocycles. The van der Waals surface area contributed by atoms with Crippen LogP contribution in [0.3, 0.4) is 0 Å². The van der Waals surface area contributed by atoms with Gasteiger partial charge in [0.05, 0.1) is 6.42 Å².